The number of fused-ring (bicyclic) bond motifs is 1. The molecule has 3 aromatic rings. The number of carbonyl (C=O) groups excluding carboxylic acids is 2. The van der Waals surface area contributed by atoms with E-state index in [-0.39, 0.29) is 12.5 Å². The first kappa shape index (κ1) is 17.9. The van der Waals surface area contributed by atoms with Gasteiger partial charge in [0.05, 0.1) is 17.2 Å². The number of anilines is 1. The second-order valence-corrected chi connectivity index (χ2v) is 7.79. The molecule has 0 aliphatic heterocycles. The van der Waals surface area contributed by atoms with Crippen LogP contribution in [0.2, 0.25) is 5.02 Å². The maximum Gasteiger partial charge on any atom is 0.341 e. The highest BCUT2D eigenvalue weighted by Gasteiger charge is 2.22. The molecule has 0 fully saturated rings. The van der Waals surface area contributed by atoms with Gasteiger partial charge in [0.25, 0.3) is 5.91 Å². The molecule has 0 radical (unpaired) electrons. The smallest absolute Gasteiger partial charge is 0.341 e. The molecular weight excluding hydrogens is 378 g/mol. The van der Waals surface area contributed by atoms with Crippen LogP contribution in [-0.4, -0.2) is 18.5 Å². The fourth-order valence-corrected chi connectivity index (χ4v) is 4.78. The molecule has 0 atom stereocenters. The Labute approximate surface area is 158 Å². The molecule has 25 heavy (non-hydrogen) atoms. The van der Waals surface area contributed by atoms with Gasteiger partial charge in [-0.15, -0.1) is 22.7 Å². The van der Waals surface area contributed by atoms with E-state index in [4.69, 9.17) is 16.3 Å². The first-order valence-electron chi connectivity index (χ1n) is 7.83. The van der Waals surface area contributed by atoms with Gasteiger partial charge in [0.1, 0.15) is 9.88 Å². The van der Waals surface area contributed by atoms with Crippen molar-refractivity contribution in [3.05, 3.63) is 50.7 Å². The van der Waals surface area contributed by atoms with E-state index in [1.165, 1.54) is 22.7 Å². The van der Waals surface area contributed by atoms with Crippen molar-refractivity contribution in [3.8, 4) is 0 Å². The van der Waals surface area contributed by atoms with E-state index in [2.05, 4.69) is 5.32 Å². The van der Waals surface area contributed by atoms with Crippen LogP contribution in [-0.2, 0) is 11.2 Å². The van der Waals surface area contributed by atoms with Crippen molar-refractivity contribution in [2.45, 2.75) is 20.3 Å². The van der Waals surface area contributed by atoms with Gasteiger partial charge in [-0.1, -0.05) is 36.7 Å². The van der Waals surface area contributed by atoms with Gasteiger partial charge in [0.15, 0.2) is 0 Å². The second-order valence-electron chi connectivity index (χ2n) is 5.22. The first-order valence-corrected chi connectivity index (χ1v) is 9.84. The minimum atomic E-state index is -0.434. The lowest BCUT2D eigenvalue weighted by Crippen LogP contribution is -2.13. The topological polar surface area (TPSA) is 55.4 Å². The number of halogens is 1. The number of amides is 1. The van der Waals surface area contributed by atoms with Crippen molar-refractivity contribution >= 4 is 61.2 Å². The molecule has 0 spiro atoms. The quantitative estimate of drug-likeness (QED) is 0.573. The highest BCUT2D eigenvalue weighted by Crippen LogP contribution is 2.36. The number of esters is 1. The van der Waals surface area contributed by atoms with Gasteiger partial charge in [-0.2, -0.15) is 0 Å². The maximum atomic E-state index is 12.7. The Kier molecular flexibility index (Phi) is 5.42. The van der Waals surface area contributed by atoms with Crippen molar-refractivity contribution in [3.63, 3.8) is 0 Å². The van der Waals surface area contributed by atoms with Crippen molar-refractivity contribution in [1.29, 1.82) is 0 Å². The average Bonchev–Trinajstić information content (AvgIpc) is 3.17. The zero-order valence-corrected chi connectivity index (χ0v) is 16.1. The Balaban J connectivity index is 1.93. The molecule has 4 nitrogen and oxygen atoms in total. The number of hydrogen-bond acceptors (Lipinski definition) is 5. The highest BCUT2D eigenvalue weighted by atomic mass is 35.5. The van der Waals surface area contributed by atoms with E-state index in [9.17, 15) is 9.59 Å². The van der Waals surface area contributed by atoms with Crippen molar-refractivity contribution in [1.82, 2.24) is 0 Å². The second kappa shape index (κ2) is 7.56. The molecular formula is C18H16ClNO3S2. The lowest BCUT2D eigenvalue weighted by atomic mass is 10.2. The summed E-state index contributed by atoms with van der Waals surface area (Å²) in [5, 5.41) is 4.61. The van der Waals surface area contributed by atoms with Gasteiger partial charge < -0.3 is 10.1 Å². The lowest BCUT2D eigenvalue weighted by molar-refractivity contribution is 0.0528. The lowest BCUT2D eigenvalue weighted by Gasteiger charge is -2.05. The van der Waals surface area contributed by atoms with E-state index in [0.29, 0.717) is 20.5 Å². The van der Waals surface area contributed by atoms with E-state index in [1.54, 1.807) is 13.0 Å². The number of ether oxygens (including phenoxy) is 1. The molecule has 1 amide bonds. The van der Waals surface area contributed by atoms with Crippen molar-refractivity contribution in [2.24, 2.45) is 0 Å². The van der Waals surface area contributed by atoms with Crippen molar-refractivity contribution in [2.75, 3.05) is 11.9 Å². The maximum absolute atomic E-state index is 12.7. The number of hydrogen-bond donors (Lipinski definition) is 1. The van der Waals surface area contributed by atoms with Crippen LogP contribution >= 0.6 is 34.3 Å². The zero-order valence-electron chi connectivity index (χ0n) is 13.7. The van der Waals surface area contributed by atoms with Crippen LogP contribution in [0, 0.1) is 0 Å². The third-order valence-electron chi connectivity index (χ3n) is 3.60. The Morgan fingerprint density at radius 3 is 2.64 bits per heavy atom. The predicted octanol–water partition coefficient (Wildman–Crippen LogP) is 5.61. The van der Waals surface area contributed by atoms with Crippen LogP contribution in [0.5, 0.6) is 0 Å². The van der Waals surface area contributed by atoms with Crippen LogP contribution in [0.25, 0.3) is 10.1 Å². The molecule has 130 valence electrons. The fourth-order valence-electron chi connectivity index (χ4n) is 2.39. The van der Waals surface area contributed by atoms with Crippen LogP contribution in [0.15, 0.2) is 30.3 Å². The zero-order chi connectivity index (χ0) is 18.0. The fraction of sp³-hybridized carbons (Fsp3) is 0.222. The number of aryl methyl sites for hydroxylation is 1. The largest absolute Gasteiger partial charge is 0.462 e. The monoisotopic (exact) mass is 393 g/mol. The molecule has 0 bridgehead atoms. The summed E-state index contributed by atoms with van der Waals surface area (Å²) in [6.07, 6.45) is 0.774. The van der Waals surface area contributed by atoms with Gasteiger partial charge in [0.2, 0.25) is 0 Å². The third-order valence-corrected chi connectivity index (χ3v) is 6.46. The van der Waals surface area contributed by atoms with E-state index < -0.39 is 5.97 Å². The summed E-state index contributed by atoms with van der Waals surface area (Å²) in [5.41, 5.74) is 0.384. The summed E-state index contributed by atoms with van der Waals surface area (Å²) in [6.45, 7) is 4.03. The molecule has 0 saturated carbocycles. The summed E-state index contributed by atoms with van der Waals surface area (Å²) >= 11 is 9.08. The molecule has 2 heterocycles. The Hall–Kier alpha value is -1.89. The summed E-state index contributed by atoms with van der Waals surface area (Å²) in [5.74, 6) is -0.752. The minimum absolute atomic E-state index is 0.283. The Morgan fingerprint density at radius 1 is 1.20 bits per heavy atom. The summed E-state index contributed by atoms with van der Waals surface area (Å²) in [4.78, 5) is 26.3. The number of thiophene rings is 2. The van der Waals surface area contributed by atoms with Crippen molar-refractivity contribution < 1.29 is 14.3 Å². The molecule has 0 aliphatic rings. The average molecular weight is 394 g/mol. The summed E-state index contributed by atoms with van der Waals surface area (Å²) in [6, 6.07) is 9.37. The van der Waals surface area contributed by atoms with Gasteiger partial charge in [-0.05, 0) is 25.5 Å². The minimum Gasteiger partial charge on any atom is -0.462 e. The molecule has 2 aromatic heterocycles. The molecule has 3 rings (SSSR count). The van der Waals surface area contributed by atoms with Crippen LogP contribution in [0.1, 0.15) is 38.8 Å². The molecule has 7 heteroatoms. The Morgan fingerprint density at radius 2 is 1.96 bits per heavy atom. The molecule has 1 aromatic carbocycles. The van der Waals surface area contributed by atoms with Crippen LogP contribution in [0.3, 0.4) is 0 Å². The van der Waals surface area contributed by atoms with Gasteiger partial charge in [-0.3, -0.25) is 4.79 Å². The molecule has 1 N–H and O–H groups in total. The molecule has 0 aliphatic carbocycles. The highest BCUT2D eigenvalue weighted by molar-refractivity contribution is 7.22. The SMILES string of the molecule is CCOC(=O)c1cc(CC)sc1NC(=O)c1sc2ccccc2c1Cl. The molecule has 0 unspecified atom stereocenters. The van der Waals surface area contributed by atoms with E-state index in [0.717, 1.165) is 21.4 Å². The van der Waals surface area contributed by atoms with Gasteiger partial charge >= 0.3 is 5.97 Å². The number of benzene rings is 1. The third kappa shape index (κ3) is 3.56. The first-order chi connectivity index (χ1) is 12.0. The van der Waals surface area contributed by atoms with E-state index in [1.807, 2.05) is 31.2 Å². The van der Waals surface area contributed by atoms with E-state index >= 15 is 0 Å². The number of carbonyl (C=O) groups is 2. The summed E-state index contributed by atoms with van der Waals surface area (Å²) in [7, 11) is 0. The predicted molar refractivity (Wildman–Crippen MR) is 104 cm³/mol. The van der Waals surface area contributed by atoms with Gasteiger partial charge in [-0.25, -0.2) is 4.79 Å². The van der Waals surface area contributed by atoms with Crippen LogP contribution < -0.4 is 5.32 Å². The normalized spacial score (nSPS) is 10.8. The Bertz CT molecular complexity index is 945. The van der Waals surface area contributed by atoms with Crippen LogP contribution in [0.4, 0.5) is 5.00 Å². The molecule has 0 saturated heterocycles. The standard InChI is InChI=1S/C18H16ClNO3S2/c1-3-10-9-12(18(22)23-4-2)17(24-10)20-16(21)15-14(19)11-7-5-6-8-13(11)25-15/h5-9H,3-4H2,1-2H3,(H,20,21). The number of rotatable bonds is 5. The number of nitrogens with one attached hydrogen (secondary N) is 1. The van der Waals surface area contributed by atoms with Gasteiger partial charge in [0, 0.05) is 15.0 Å². The summed E-state index contributed by atoms with van der Waals surface area (Å²) < 4.78 is 6.03.